The quantitative estimate of drug-likeness (QED) is 0.180. The number of unbranched alkanes of at least 4 members (excludes halogenated alkanes) is 5. The van der Waals surface area contributed by atoms with Crippen LogP contribution in [0.1, 0.15) is 38.5 Å². The van der Waals surface area contributed by atoms with Gasteiger partial charge >= 0.3 is 15.6 Å². The SMILES string of the molecule is CS(C)(OS(=O)(=O)C(F)(F)F)c1ccccc1OCCCCCCCC[N+](=O)[O-]. The van der Waals surface area contributed by atoms with Gasteiger partial charge in [0.15, 0.2) is 0 Å². The minimum atomic E-state index is -5.73. The van der Waals surface area contributed by atoms with E-state index < -0.39 is 25.9 Å². The van der Waals surface area contributed by atoms with Crippen LogP contribution in [0.2, 0.25) is 0 Å². The average Bonchev–Trinajstić information content (AvgIpc) is 2.58. The molecule has 1 aromatic carbocycles. The highest BCUT2D eigenvalue weighted by molar-refractivity contribution is 8.32. The maximum atomic E-state index is 12.7. The van der Waals surface area contributed by atoms with Crippen LogP contribution in [0.15, 0.2) is 29.2 Å². The van der Waals surface area contributed by atoms with Crippen molar-refractivity contribution < 1.29 is 34.9 Å². The van der Waals surface area contributed by atoms with Gasteiger partial charge in [0.2, 0.25) is 6.54 Å². The molecule has 1 aromatic rings. The van der Waals surface area contributed by atoms with E-state index in [1.54, 1.807) is 18.2 Å². The third-order valence-corrected chi connectivity index (χ3v) is 7.96. The summed E-state index contributed by atoms with van der Waals surface area (Å²) in [6.45, 7) is 0.289. The third-order valence-electron chi connectivity index (χ3n) is 3.91. The molecule has 0 heterocycles. The monoisotopic (exact) mass is 461 g/mol. The van der Waals surface area contributed by atoms with Crippen LogP contribution in [-0.2, 0) is 13.7 Å². The van der Waals surface area contributed by atoms with Crippen molar-refractivity contribution in [2.75, 3.05) is 25.7 Å². The summed E-state index contributed by atoms with van der Waals surface area (Å²) in [6.07, 6.45) is 7.27. The largest absolute Gasteiger partial charge is 0.523 e. The third kappa shape index (κ3) is 8.79. The van der Waals surface area contributed by atoms with Crippen molar-refractivity contribution in [1.29, 1.82) is 0 Å². The number of ether oxygens (including phenoxy) is 1. The van der Waals surface area contributed by atoms with Gasteiger partial charge in [-0.2, -0.15) is 21.6 Å². The van der Waals surface area contributed by atoms with Crippen LogP contribution in [0, 0.1) is 10.1 Å². The number of hydrogen-bond donors (Lipinski definition) is 0. The number of benzene rings is 1. The van der Waals surface area contributed by atoms with E-state index >= 15 is 0 Å². The minimum Gasteiger partial charge on any atom is -0.492 e. The van der Waals surface area contributed by atoms with Crippen LogP contribution in [0.4, 0.5) is 13.2 Å². The van der Waals surface area contributed by atoms with Crippen LogP contribution < -0.4 is 4.74 Å². The van der Waals surface area contributed by atoms with E-state index in [2.05, 4.69) is 3.63 Å². The zero-order valence-corrected chi connectivity index (χ0v) is 17.9. The van der Waals surface area contributed by atoms with E-state index in [4.69, 9.17) is 4.74 Å². The van der Waals surface area contributed by atoms with Crippen LogP contribution >= 0.6 is 10.3 Å². The van der Waals surface area contributed by atoms with Crippen LogP contribution in [-0.4, -0.2) is 44.5 Å². The van der Waals surface area contributed by atoms with Gasteiger partial charge in [0.25, 0.3) is 0 Å². The summed E-state index contributed by atoms with van der Waals surface area (Å²) >= 11 is 0. The first-order valence-electron chi connectivity index (χ1n) is 8.96. The summed E-state index contributed by atoms with van der Waals surface area (Å²) in [5.74, 6) is 0.288. The number of halogens is 3. The number of alkyl halides is 3. The molecule has 0 unspecified atom stereocenters. The second-order valence-corrected chi connectivity index (χ2v) is 11.5. The highest BCUT2D eigenvalue weighted by atomic mass is 32.3. The normalized spacial score (nSPS) is 13.3. The Morgan fingerprint density at radius 1 is 1.00 bits per heavy atom. The zero-order valence-electron chi connectivity index (χ0n) is 16.3. The van der Waals surface area contributed by atoms with Gasteiger partial charge in [0, 0.05) is 11.3 Å². The van der Waals surface area contributed by atoms with Crippen LogP contribution in [0.5, 0.6) is 5.75 Å². The first kappa shape index (κ1) is 25.5. The zero-order chi connectivity index (χ0) is 22.1. The molecule has 0 aliphatic heterocycles. The summed E-state index contributed by atoms with van der Waals surface area (Å²) < 4.78 is 70.9. The molecule has 0 bridgehead atoms. The Hall–Kier alpha value is -1.53. The molecule has 0 saturated carbocycles. The molecule has 168 valence electrons. The second kappa shape index (κ2) is 11.0. The standard InChI is InChI=1S/C17H26F3NO6S2/c1-28(2,27-29(24,25)17(18,19)20)16-12-8-7-11-15(16)26-14-10-6-4-3-5-9-13-21(22)23/h7-8,11-12H,3-6,9-10,13-14H2,1-2H3. The molecular formula is C17H26F3NO6S2. The maximum Gasteiger partial charge on any atom is 0.523 e. The Labute approximate surface area is 170 Å². The van der Waals surface area contributed by atoms with E-state index in [0.717, 1.165) is 25.7 Å². The maximum absolute atomic E-state index is 12.7. The number of rotatable bonds is 13. The summed E-state index contributed by atoms with van der Waals surface area (Å²) in [7, 11) is -8.51. The fourth-order valence-electron chi connectivity index (χ4n) is 2.51. The van der Waals surface area contributed by atoms with Crippen molar-refractivity contribution in [3.8, 4) is 5.75 Å². The molecule has 0 atom stereocenters. The summed E-state index contributed by atoms with van der Waals surface area (Å²) in [6, 6.07) is 6.27. The second-order valence-electron chi connectivity index (χ2n) is 6.67. The smallest absolute Gasteiger partial charge is 0.492 e. The first-order valence-corrected chi connectivity index (χ1v) is 12.7. The lowest BCUT2D eigenvalue weighted by Gasteiger charge is -2.31. The molecule has 0 fully saturated rings. The number of para-hydroxylation sites is 1. The highest BCUT2D eigenvalue weighted by Gasteiger charge is 2.50. The van der Waals surface area contributed by atoms with E-state index in [1.165, 1.54) is 18.6 Å². The Morgan fingerprint density at radius 3 is 2.14 bits per heavy atom. The first-order chi connectivity index (χ1) is 13.4. The lowest BCUT2D eigenvalue weighted by molar-refractivity contribution is -0.480. The predicted molar refractivity (Wildman–Crippen MR) is 105 cm³/mol. The molecule has 29 heavy (non-hydrogen) atoms. The van der Waals surface area contributed by atoms with Crippen LogP contribution in [0.25, 0.3) is 0 Å². The van der Waals surface area contributed by atoms with Gasteiger partial charge in [-0.1, -0.05) is 41.7 Å². The van der Waals surface area contributed by atoms with Gasteiger partial charge < -0.3 is 4.74 Å². The number of hydrogen-bond acceptors (Lipinski definition) is 6. The van der Waals surface area contributed by atoms with Crippen molar-refractivity contribution >= 4 is 20.4 Å². The summed E-state index contributed by atoms with van der Waals surface area (Å²) in [4.78, 5) is 10.2. The highest BCUT2D eigenvalue weighted by Crippen LogP contribution is 2.56. The van der Waals surface area contributed by atoms with E-state index in [0.29, 0.717) is 19.4 Å². The Balaban J connectivity index is 2.56. The lowest BCUT2D eigenvalue weighted by atomic mass is 10.1. The topological polar surface area (TPSA) is 95.7 Å². The van der Waals surface area contributed by atoms with E-state index in [9.17, 15) is 31.7 Å². The fourth-order valence-corrected chi connectivity index (χ4v) is 5.92. The lowest BCUT2D eigenvalue weighted by Crippen LogP contribution is -2.26. The summed E-state index contributed by atoms with van der Waals surface area (Å²) in [5, 5.41) is 10.2. The molecule has 0 aromatic heterocycles. The molecule has 0 aliphatic rings. The Morgan fingerprint density at radius 2 is 1.55 bits per heavy atom. The van der Waals surface area contributed by atoms with Gasteiger partial charge in [-0.3, -0.25) is 10.1 Å². The molecule has 0 radical (unpaired) electrons. The average molecular weight is 462 g/mol. The molecule has 7 nitrogen and oxygen atoms in total. The van der Waals surface area contributed by atoms with Crippen molar-refractivity contribution in [2.24, 2.45) is 0 Å². The fraction of sp³-hybridized carbons (Fsp3) is 0.647. The molecule has 0 spiro atoms. The Kier molecular flexibility index (Phi) is 9.69. The van der Waals surface area contributed by atoms with Gasteiger partial charge in [-0.25, -0.2) is 3.63 Å². The molecule has 0 aliphatic carbocycles. The minimum absolute atomic E-state index is 0.0237. The van der Waals surface area contributed by atoms with Crippen LogP contribution in [0.3, 0.4) is 0 Å². The van der Waals surface area contributed by atoms with Gasteiger partial charge in [-0.15, -0.1) is 0 Å². The van der Waals surface area contributed by atoms with Gasteiger partial charge in [0.1, 0.15) is 5.75 Å². The van der Waals surface area contributed by atoms with Gasteiger partial charge in [0.05, 0.1) is 11.5 Å². The number of nitrogens with zero attached hydrogens (tertiary/aromatic N) is 1. The molecule has 0 saturated heterocycles. The summed E-state index contributed by atoms with van der Waals surface area (Å²) in [5.41, 5.74) is -5.49. The Bertz CT molecular complexity index is 769. The van der Waals surface area contributed by atoms with E-state index in [-0.39, 0.29) is 22.1 Å². The predicted octanol–water partition coefficient (Wildman–Crippen LogP) is 4.89. The molecular weight excluding hydrogens is 435 g/mol. The molecule has 12 heteroatoms. The van der Waals surface area contributed by atoms with Crippen molar-refractivity contribution in [1.82, 2.24) is 0 Å². The van der Waals surface area contributed by atoms with Crippen molar-refractivity contribution in [2.45, 2.75) is 48.9 Å². The van der Waals surface area contributed by atoms with E-state index in [1.807, 2.05) is 0 Å². The van der Waals surface area contributed by atoms with Crippen molar-refractivity contribution in [3.05, 3.63) is 34.4 Å². The molecule has 0 N–H and O–H groups in total. The van der Waals surface area contributed by atoms with Crippen molar-refractivity contribution in [3.63, 3.8) is 0 Å². The number of nitro groups is 1. The van der Waals surface area contributed by atoms with Gasteiger partial charge in [-0.05, 0) is 37.5 Å². The molecule has 0 amide bonds. The molecule has 1 rings (SSSR count).